The summed E-state index contributed by atoms with van der Waals surface area (Å²) in [5, 5.41) is 13.6. The lowest BCUT2D eigenvalue weighted by molar-refractivity contribution is 0.0697. The van der Waals surface area contributed by atoms with Gasteiger partial charge in [-0.25, -0.2) is 9.78 Å². The third kappa shape index (κ3) is 4.43. The fraction of sp³-hybridized carbons (Fsp3) is 0.0417. The number of carbonyl (C=O) groups excluding carboxylic acids is 1. The predicted molar refractivity (Wildman–Crippen MR) is 130 cm³/mol. The second kappa shape index (κ2) is 9.04. The minimum Gasteiger partial charge on any atom is -0.478 e. The Hall–Kier alpha value is -2.70. The van der Waals surface area contributed by atoms with Crippen LogP contribution in [0.5, 0.6) is 0 Å². The fourth-order valence-electron chi connectivity index (χ4n) is 3.23. The van der Waals surface area contributed by atoms with Gasteiger partial charge in [-0.05, 0) is 48.9 Å². The zero-order valence-electron chi connectivity index (χ0n) is 16.5. The van der Waals surface area contributed by atoms with Gasteiger partial charge in [0, 0.05) is 32.7 Å². The fourth-order valence-corrected chi connectivity index (χ4v) is 4.58. The van der Waals surface area contributed by atoms with E-state index < -0.39 is 5.97 Å². The molecule has 0 aliphatic carbocycles. The predicted octanol–water partition coefficient (Wildman–Crippen LogP) is 8.01. The minimum absolute atomic E-state index is 0.0661. The van der Waals surface area contributed by atoms with Gasteiger partial charge >= 0.3 is 5.97 Å². The lowest BCUT2D eigenvalue weighted by Crippen LogP contribution is -2.01. The molecule has 0 bridgehead atoms. The van der Waals surface area contributed by atoms with E-state index in [2.05, 4.69) is 4.98 Å². The summed E-state index contributed by atoms with van der Waals surface area (Å²) in [6, 6.07) is 15.1. The van der Waals surface area contributed by atoms with Gasteiger partial charge in [0.2, 0.25) is 0 Å². The molecule has 0 saturated carbocycles. The molecular weight excluding hydrogens is 489 g/mol. The number of aromatic carboxylic acids is 1. The van der Waals surface area contributed by atoms with Crippen LogP contribution >= 0.6 is 46.1 Å². The van der Waals surface area contributed by atoms with Crippen LogP contribution < -0.4 is 0 Å². The molecule has 0 fully saturated rings. The van der Waals surface area contributed by atoms with E-state index in [1.54, 1.807) is 48.5 Å². The molecule has 0 amide bonds. The number of thiazole rings is 1. The zero-order valence-corrected chi connectivity index (χ0v) is 19.6. The maximum atomic E-state index is 12.1. The Morgan fingerprint density at radius 3 is 2.25 bits per heavy atom. The standard InChI is InChI=1S/C24H14Cl3NO3S/c1-12(29)13-3-6-19(25)17(8-13)16-5-2-15(9-18(16)24(30)31)23-28-22(11-32-23)14-4-7-20(26)21(27)10-14/h2-11H,1H3,(H,30,31). The molecule has 1 N–H and O–H groups in total. The van der Waals surface area contributed by atoms with Gasteiger partial charge in [-0.15, -0.1) is 11.3 Å². The highest BCUT2D eigenvalue weighted by Crippen LogP contribution is 2.36. The Balaban J connectivity index is 1.77. The molecule has 4 nitrogen and oxygen atoms in total. The van der Waals surface area contributed by atoms with Gasteiger partial charge in [-0.2, -0.15) is 0 Å². The molecule has 1 aromatic heterocycles. The van der Waals surface area contributed by atoms with E-state index in [0.29, 0.717) is 48.0 Å². The molecule has 0 radical (unpaired) electrons. The van der Waals surface area contributed by atoms with Crippen molar-refractivity contribution in [2.24, 2.45) is 0 Å². The van der Waals surface area contributed by atoms with Gasteiger partial charge in [0.25, 0.3) is 0 Å². The number of nitrogens with zero attached hydrogens (tertiary/aromatic N) is 1. The molecule has 1 heterocycles. The number of carboxylic acids is 1. The van der Waals surface area contributed by atoms with Crippen molar-refractivity contribution in [1.29, 1.82) is 0 Å². The van der Waals surface area contributed by atoms with Crippen LogP contribution in [-0.2, 0) is 0 Å². The summed E-state index contributed by atoms with van der Waals surface area (Å²) in [6.45, 7) is 1.45. The number of hydrogen-bond donors (Lipinski definition) is 1. The monoisotopic (exact) mass is 501 g/mol. The average Bonchev–Trinajstić information content (AvgIpc) is 3.26. The van der Waals surface area contributed by atoms with Gasteiger partial charge in [-0.1, -0.05) is 53.0 Å². The highest BCUT2D eigenvalue weighted by atomic mass is 35.5. The van der Waals surface area contributed by atoms with Crippen molar-refractivity contribution in [3.63, 3.8) is 0 Å². The number of hydrogen-bond acceptors (Lipinski definition) is 4. The molecule has 160 valence electrons. The number of halogens is 3. The third-order valence-electron chi connectivity index (χ3n) is 4.88. The van der Waals surface area contributed by atoms with Crippen LogP contribution in [0.2, 0.25) is 15.1 Å². The van der Waals surface area contributed by atoms with E-state index in [9.17, 15) is 14.7 Å². The van der Waals surface area contributed by atoms with Crippen LogP contribution in [-0.4, -0.2) is 21.8 Å². The van der Waals surface area contributed by atoms with Crippen molar-refractivity contribution in [1.82, 2.24) is 4.98 Å². The maximum absolute atomic E-state index is 12.1. The quantitative estimate of drug-likeness (QED) is 0.281. The number of carboxylic acid groups (broad SMARTS) is 1. The number of aromatic nitrogens is 1. The van der Waals surface area contributed by atoms with E-state index >= 15 is 0 Å². The first-order valence-electron chi connectivity index (χ1n) is 9.34. The molecule has 4 rings (SSSR count). The summed E-state index contributed by atoms with van der Waals surface area (Å²) in [7, 11) is 0. The van der Waals surface area contributed by atoms with Crippen molar-refractivity contribution >= 4 is 57.9 Å². The molecule has 0 unspecified atom stereocenters. The summed E-state index contributed by atoms with van der Waals surface area (Å²) in [6.07, 6.45) is 0. The van der Waals surface area contributed by atoms with Crippen molar-refractivity contribution in [3.05, 3.63) is 86.2 Å². The first-order valence-corrected chi connectivity index (χ1v) is 11.4. The second-order valence-corrected chi connectivity index (χ2v) is 9.06. The van der Waals surface area contributed by atoms with Crippen LogP contribution in [0.3, 0.4) is 0 Å². The van der Waals surface area contributed by atoms with Crippen molar-refractivity contribution in [3.8, 4) is 33.0 Å². The molecule has 4 aromatic rings. The average molecular weight is 503 g/mol. The van der Waals surface area contributed by atoms with Crippen molar-refractivity contribution in [2.45, 2.75) is 6.92 Å². The first kappa shape index (κ1) is 22.5. The van der Waals surface area contributed by atoms with Crippen LogP contribution in [0.1, 0.15) is 27.6 Å². The molecule has 32 heavy (non-hydrogen) atoms. The summed E-state index contributed by atoms with van der Waals surface area (Å²) >= 11 is 19.8. The lowest BCUT2D eigenvalue weighted by atomic mass is 9.95. The lowest BCUT2D eigenvalue weighted by Gasteiger charge is -2.11. The number of ketones is 1. The Morgan fingerprint density at radius 1 is 0.844 bits per heavy atom. The number of rotatable bonds is 5. The molecule has 3 aromatic carbocycles. The molecule has 8 heteroatoms. The summed E-state index contributed by atoms with van der Waals surface area (Å²) < 4.78 is 0. The molecule has 0 atom stereocenters. The largest absolute Gasteiger partial charge is 0.478 e. The van der Waals surface area contributed by atoms with Crippen LogP contribution in [0.4, 0.5) is 0 Å². The number of carbonyl (C=O) groups is 2. The minimum atomic E-state index is -1.10. The third-order valence-corrected chi connectivity index (χ3v) is 6.84. The van der Waals surface area contributed by atoms with Gasteiger partial charge in [0.15, 0.2) is 5.78 Å². The van der Waals surface area contributed by atoms with E-state index in [-0.39, 0.29) is 11.3 Å². The van der Waals surface area contributed by atoms with Crippen molar-refractivity contribution in [2.75, 3.05) is 0 Å². The smallest absolute Gasteiger partial charge is 0.336 e. The first-order chi connectivity index (χ1) is 15.2. The zero-order chi connectivity index (χ0) is 23.0. The maximum Gasteiger partial charge on any atom is 0.336 e. The molecular formula is C24H14Cl3NO3S. The molecule has 0 aliphatic heterocycles. The highest BCUT2D eigenvalue weighted by molar-refractivity contribution is 7.13. The van der Waals surface area contributed by atoms with Crippen molar-refractivity contribution < 1.29 is 14.7 Å². The molecule has 0 spiro atoms. The molecule has 0 saturated heterocycles. The van der Waals surface area contributed by atoms with Crippen LogP contribution in [0.15, 0.2) is 60.0 Å². The van der Waals surface area contributed by atoms with E-state index in [1.807, 2.05) is 11.4 Å². The Bertz CT molecular complexity index is 1380. The van der Waals surface area contributed by atoms with E-state index in [0.717, 1.165) is 5.56 Å². The van der Waals surface area contributed by atoms with Crippen LogP contribution in [0, 0.1) is 0 Å². The number of Topliss-reactive ketones (excluding diaryl/α,β-unsaturated/α-hetero) is 1. The van der Waals surface area contributed by atoms with Gasteiger partial charge in [0.05, 0.1) is 21.3 Å². The van der Waals surface area contributed by atoms with Gasteiger partial charge in [0.1, 0.15) is 5.01 Å². The Morgan fingerprint density at radius 2 is 1.56 bits per heavy atom. The van der Waals surface area contributed by atoms with Gasteiger partial charge in [-0.3, -0.25) is 4.79 Å². The summed E-state index contributed by atoms with van der Waals surface area (Å²) in [4.78, 5) is 28.5. The number of benzene rings is 3. The Labute approximate surface area is 203 Å². The van der Waals surface area contributed by atoms with E-state index in [1.165, 1.54) is 18.3 Å². The summed E-state index contributed by atoms with van der Waals surface area (Å²) in [5.74, 6) is -1.23. The Kier molecular flexibility index (Phi) is 6.35. The normalized spacial score (nSPS) is 10.9. The van der Waals surface area contributed by atoms with E-state index in [4.69, 9.17) is 34.8 Å². The van der Waals surface area contributed by atoms with Crippen LogP contribution in [0.25, 0.3) is 33.0 Å². The second-order valence-electron chi connectivity index (χ2n) is 6.98. The molecule has 0 aliphatic rings. The van der Waals surface area contributed by atoms with Gasteiger partial charge < -0.3 is 5.11 Å². The topological polar surface area (TPSA) is 67.3 Å². The highest BCUT2D eigenvalue weighted by Gasteiger charge is 2.18. The SMILES string of the molecule is CC(=O)c1ccc(Cl)c(-c2ccc(-c3nc(-c4ccc(Cl)c(Cl)c4)cs3)cc2C(=O)O)c1. The summed E-state index contributed by atoms with van der Waals surface area (Å²) in [5.41, 5.74) is 3.61.